The number of benzene rings is 4. The first-order valence-corrected chi connectivity index (χ1v) is 11.6. The summed E-state index contributed by atoms with van der Waals surface area (Å²) < 4.78 is 25.8. The lowest BCUT2D eigenvalue weighted by molar-refractivity contribution is 0.0946. The summed E-state index contributed by atoms with van der Waals surface area (Å²) >= 11 is 0. The second kappa shape index (κ2) is 13.9. The number of carbonyl (C=O) groups is 2. The molecule has 38 heavy (non-hydrogen) atoms. The van der Waals surface area contributed by atoms with Crippen molar-refractivity contribution in [1.29, 1.82) is 0 Å². The molecule has 0 atom stereocenters. The van der Waals surface area contributed by atoms with Crippen molar-refractivity contribution < 1.29 is 18.4 Å². The van der Waals surface area contributed by atoms with Crippen molar-refractivity contribution in [1.82, 2.24) is 10.9 Å². The minimum absolute atomic E-state index is 0.286. The summed E-state index contributed by atoms with van der Waals surface area (Å²) in [6, 6.07) is 26.4. The third-order valence-electron chi connectivity index (χ3n) is 5.24. The molecule has 0 spiro atoms. The molecular weight excluding hydrogens is 486 g/mol. The number of nitrogens with zero attached hydrogens (tertiary/aromatic N) is 2. The first kappa shape index (κ1) is 27.6. The molecule has 0 fully saturated rings. The highest BCUT2D eigenvalue weighted by Gasteiger charge is 2.07. The maximum Gasteiger partial charge on any atom is 0.271 e. The second-order valence-corrected chi connectivity index (χ2v) is 8.14. The van der Waals surface area contributed by atoms with Crippen molar-refractivity contribution in [2.24, 2.45) is 10.2 Å². The zero-order valence-corrected chi connectivity index (χ0v) is 20.9. The average molecular weight is 513 g/mol. The fourth-order valence-electron chi connectivity index (χ4n) is 3.28. The Kier molecular flexibility index (Phi) is 10.1. The molecule has 0 saturated heterocycles. The van der Waals surface area contributed by atoms with Crippen LogP contribution in [0.3, 0.4) is 0 Å². The molecule has 2 amide bonds. The topological polar surface area (TPSA) is 82.9 Å². The number of nitrogens with one attached hydrogen (secondary N) is 2. The fraction of sp³-hybridized carbons (Fsp3) is 0.0667. The molecule has 0 unspecified atom stereocenters. The number of hydrogen-bond donors (Lipinski definition) is 2. The zero-order valence-electron chi connectivity index (χ0n) is 20.9. The normalized spacial score (nSPS) is 10.6. The molecular formula is C30H26F2N4O2. The van der Waals surface area contributed by atoms with Crippen LogP contribution in [0.2, 0.25) is 0 Å². The van der Waals surface area contributed by atoms with Crippen molar-refractivity contribution in [2.75, 3.05) is 0 Å². The van der Waals surface area contributed by atoms with E-state index in [4.69, 9.17) is 0 Å². The molecule has 0 radical (unpaired) electrons. The number of hydrazone groups is 2. The third kappa shape index (κ3) is 8.60. The lowest BCUT2D eigenvalue weighted by atomic mass is 10.1. The summed E-state index contributed by atoms with van der Waals surface area (Å²) in [6.07, 6.45) is 2.80. The second-order valence-electron chi connectivity index (χ2n) is 8.14. The van der Waals surface area contributed by atoms with Gasteiger partial charge in [-0.05, 0) is 72.5 Å². The van der Waals surface area contributed by atoms with Gasteiger partial charge >= 0.3 is 0 Å². The molecule has 192 valence electrons. The highest BCUT2D eigenvalue weighted by atomic mass is 19.1. The highest BCUT2D eigenvalue weighted by Crippen LogP contribution is 2.07. The van der Waals surface area contributed by atoms with Crippen LogP contribution in [0, 0.1) is 25.5 Å². The van der Waals surface area contributed by atoms with E-state index in [1.54, 1.807) is 48.5 Å². The van der Waals surface area contributed by atoms with Gasteiger partial charge in [0.25, 0.3) is 11.8 Å². The van der Waals surface area contributed by atoms with E-state index in [1.807, 2.05) is 38.1 Å². The molecule has 0 aromatic heterocycles. The van der Waals surface area contributed by atoms with Crippen molar-refractivity contribution in [3.05, 3.63) is 142 Å². The standard InChI is InChI=1S/2C15H13FN2O/c2*1-11-5-2-3-8-14(11)15(19)18-17-10-12-6-4-7-13(16)9-12/h2*2-10H,1H3,(H,18,19)/b2*17-10+. The van der Waals surface area contributed by atoms with Gasteiger partial charge in [-0.25, -0.2) is 19.6 Å². The van der Waals surface area contributed by atoms with E-state index < -0.39 is 0 Å². The van der Waals surface area contributed by atoms with Crippen LogP contribution in [0.1, 0.15) is 43.0 Å². The molecule has 4 rings (SSSR count). The highest BCUT2D eigenvalue weighted by molar-refractivity contribution is 5.96. The number of rotatable bonds is 6. The van der Waals surface area contributed by atoms with E-state index in [0.29, 0.717) is 22.3 Å². The largest absolute Gasteiger partial charge is 0.271 e. The summed E-state index contributed by atoms with van der Waals surface area (Å²) in [7, 11) is 0. The van der Waals surface area contributed by atoms with Gasteiger partial charge in [-0.1, -0.05) is 60.7 Å². The monoisotopic (exact) mass is 512 g/mol. The van der Waals surface area contributed by atoms with E-state index in [2.05, 4.69) is 21.1 Å². The van der Waals surface area contributed by atoms with Gasteiger partial charge in [0.2, 0.25) is 0 Å². The lowest BCUT2D eigenvalue weighted by Crippen LogP contribution is -2.18. The van der Waals surface area contributed by atoms with E-state index in [-0.39, 0.29) is 23.4 Å². The van der Waals surface area contributed by atoms with E-state index in [9.17, 15) is 18.4 Å². The number of halogens is 2. The zero-order chi connectivity index (χ0) is 27.3. The van der Waals surface area contributed by atoms with Gasteiger partial charge in [0.05, 0.1) is 12.4 Å². The van der Waals surface area contributed by atoms with Crippen LogP contribution in [0.15, 0.2) is 107 Å². The lowest BCUT2D eigenvalue weighted by Gasteiger charge is -2.02. The predicted molar refractivity (Wildman–Crippen MR) is 145 cm³/mol. The van der Waals surface area contributed by atoms with Crippen molar-refractivity contribution in [3.63, 3.8) is 0 Å². The van der Waals surface area contributed by atoms with E-state index in [0.717, 1.165) is 11.1 Å². The Labute approximate surface area is 219 Å². The Hall–Kier alpha value is -4.98. The third-order valence-corrected chi connectivity index (χ3v) is 5.24. The fourth-order valence-corrected chi connectivity index (χ4v) is 3.28. The molecule has 2 N–H and O–H groups in total. The summed E-state index contributed by atoms with van der Waals surface area (Å²) in [5.74, 6) is -1.25. The number of aryl methyl sites for hydroxylation is 2. The maximum absolute atomic E-state index is 12.9. The summed E-state index contributed by atoms with van der Waals surface area (Å²) in [4.78, 5) is 23.6. The molecule has 0 bridgehead atoms. The molecule has 4 aromatic carbocycles. The van der Waals surface area contributed by atoms with Crippen molar-refractivity contribution >= 4 is 24.2 Å². The van der Waals surface area contributed by atoms with Crippen LogP contribution in [-0.2, 0) is 0 Å². The van der Waals surface area contributed by atoms with Crippen molar-refractivity contribution in [2.45, 2.75) is 13.8 Å². The molecule has 4 aromatic rings. The van der Waals surface area contributed by atoms with E-state index >= 15 is 0 Å². The van der Waals surface area contributed by atoms with Gasteiger partial charge in [0, 0.05) is 11.1 Å². The number of amides is 2. The smallest absolute Gasteiger partial charge is 0.267 e. The Morgan fingerprint density at radius 2 is 1.00 bits per heavy atom. The number of hydrogen-bond acceptors (Lipinski definition) is 4. The quantitative estimate of drug-likeness (QED) is 0.253. The summed E-state index contributed by atoms with van der Waals surface area (Å²) in [6.45, 7) is 3.70. The van der Waals surface area contributed by atoms with Crippen LogP contribution in [0.4, 0.5) is 8.78 Å². The van der Waals surface area contributed by atoms with Crippen LogP contribution in [0.5, 0.6) is 0 Å². The molecule has 0 saturated carbocycles. The molecule has 0 aliphatic rings. The van der Waals surface area contributed by atoms with Crippen LogP contribution >= 0.6 is 0 Å². The van der Waals surface area contributed by atoms with Crippen LogP contribution in [-0.4, -0.2) is 24.2 Å². The molecule has 0 heterocycles. The average Bonchev–Trinajstić information content (AvgIpc) is 2.89. The first-order chi connectivity index (χ1) is 18.3. The van der Waals surface area contributed by atoms with E-state index in [1.165, 1.54) is 36.7 Å². The molecule has 0 aliphatic carbocycles. The SMILES string of the molecule is Cc1ccccc1C(=O)N/N=C/c1cccc(F)c1.Cc1ccccc1C(=O)N/N=C/c1cccc(F)c1. The van der Waals surface area contributed by atoms with Gasteiger partial charge in [-0.2, -0.15) is 10.2 Å². The Balaban J connectivity index is 0.000000211. The van der Waals surface area contributed by atoms with Gasteiger partial charge in [0.15, 0.2) is 0 Å². The van der Waals surface area contributed by atoms with Crippen LogP contribution < -0.4 is 10.9 Å². The van der Waals surface area contributed by atoms with Crippen molar-refractivity contribution in [3.8, 4) is 0 Å². The summed E-state index contributed by atoms with van der Waals surface area (Å²) in [5, 5.41) is 7.62. The van der Waals surface area contributed by atoms with Crippen LogP contribution in [0.25, 0.3) is 0 Å². The molecule has 0 aliphatic heterocycles. The number of carbonyl (C=O) groups excluding carboxylic acids is 2. The Morgan fingerprint density at radius 3 is 1.37 bits per heavy atom. The van der Waals surface area contributed by atoms with Gasteiger partial charge in [0.1, 0.15) is 11.6 Å². The summed E-state index contributed by atoms with van der Waals surface area (Å²) in [5.41, 5.74) is 8.90. The van der Waals surface area contributed by atoms with Gasteiger partial charge in [-0.15, -0.1) is 0 Å². The Morgan fingerprint density at radius 1 is 0.605 bits per heavy atom. The molecule has 6 nitrogen and oxygen atoms in total. The van der Waals surface area contributed by atoms with Gasteiger partial charge in [-0.3, -0.25) is 9.59 Å². The van der Waals surface area contributed by atoms with Gasteiger partial charge < -0.3 is 0 Å². The minimum atomic E-state index is -0.339. The Bertz CT molecular complexity index is 1360. The minimum Gasteiger partial charge on any atom is -0.267 e. The predicted octanol–water partition coefficient (Wildman–Crippen LogP) is 5.80. The first-order valence-electron chi connectivity index (χ1n) is 11.6. The molecule has 8 heteroatoms. The maximum atomic E-state index is 12.9.